The topological polar surface area (TPSA) is 46.5 Å². The van der Waals surface area contributed by atoms with Crippen LogP contribution in [0, 0.1) is 0 Å². The molecule has 2 aromatic rings. The highest BCUT2D eigenvalue weighted by atomic mass is 16.5. The minimum Gasteiger partial charge on any atom is -0.489 e. The van der Waals surface area contributed by atoms with Crippen LogP contribution in [0.1, 0.15) is 27.9 Å². The first-order valence-corrected chi connectivity index (χ1v) is 6.81. The Kier molecular flexibility index (Phi) is 5.29. The lowest BCUT2D eigenvalue weighted by Crippen LogP contribution is -2.06. The second-order valence-electron chi connectivity index (χ2n) is 4.64. The maximum absolute atomic E-state index is 12.0. The monoisotopic (exact) mass is 282 g/mol. The van der Waals surface area contributed by atoms with Crippen molar-refractivity contribution in [3.63, 3.8) is 0 Å². The largest absolute Gasteiger partial charge is 0.489 e. The van der Waals surface area contributed by atoms with Gasteiger partial charge < -0.3 is 9.84 Å². The van der Waals surface area contributed by atoms with Gasteiger partial charge in [-0.15, -0.1) is 0 Å². The highest BCUT2D eigenvalue weighted by Gasteiger charge is 2.13. The molecule has 0 saturated carbocycles. The number of ketones is 1. The van der Waals surface area contributed by atoms with E-state index in [1.807, 2.05) is 36.4 Å². The molecule has 0 radical (unpaired) electrons. The van der Waals surface area contributed by atoms with Gasteiger partial charge in [-0.2, -0.15) is 0 Å². The van der Waals surface area contributed by atoms with E-state index in [1.165, 1.54) is 0 Å². The molecule has 0 aliphatic carbocycles. The average Bonchev–Trinajstić information content (AvgIpc) is 2.54. The van der Waals surface area contributed by atoms with E-state index in [0.717, 1.165) is 5.56 Å². The van der Waals surface area contributed by atoms with Crippen LogP contribution in [0.2, 0.25) is 0 Å². The maximum atomic E-state index is 12.0. The molecule has 108 valence electrons. The first-order chi connectivity index (χ1) is 10.2. The molecule has 2 rings (SSSR count). The van der Waals surface area contributed by atoms with E-state index in [1.54, 1.807) is 18.2 Å². The number of hydrogen-bond donors (Lipinski definition) is 1. The Morgan fingerprint density at radius 1 is 1.00 bits per heavy atom. The molecule has 0 amide bonds. The number of aliphatic hydroxyl groups excluding tert-OH is 1. The summed E-state index contributed by atoms with van der Waals surface area (Å²) in [6, 6.07) is 16.9. The summed E-state index contributed by atoms with van der Waals surface area (Å²) < 4.78 is 5.67. The van der Waals surface area contributed by atoms with E-state index in [0.29, 0.717) is 23.5 Å². The van der Waals surface area contributed by atoms with Gasteiger partial charge in [-0.3, -0.25) is 4.79 Å². The Balaban J connectivity index is 2.10. The molecule has 0 fully saturated rings. The zero-order valence-electron chi connectivity index (χ0n) is 11.8. The van der Waals surface area contributed by atoms with Gasteiger partial charge in [-0.1, -0.05) is 61.2 Å². The van der Waals surface area contributed by atoms with Gasteiger partial charge in [-0.05, 0) is 5.56 Å². The maximum Gasteiger partial charge on any atom is 0.165 e. The van der Waals surface area contributed by atoms with Gasteiger partial charge >= 0.3 is 0 Å². The molecule has 2 aromatic carbocycles. The summed E-state index contributed by atoms with van der Waals surface area (Å²) in [4.78, 5) is 12.0. The number of hydrogen-bond acceptors (Lipinski definition) is 3. The van der Waals surface area contributed by atoms with Crippen LogP contribution in [0.25, 0.3) is 5.76 Å². The molecule has 3 nitrogen and oxygen atoms in total. The van der Waals surface area contributed by atoms with Crippen LogP contribution >= 0.6 is 0 Å². The number of benzene rings is 2. The molecule has 0 unspecified atom stereocenters. The highest BCUT2D eigenvalue weighted by Crippen LogP contribution is 2.21. The summed E-state index contributed by atoms with van der Waals surface area (Å²) in [6.45, 7) is 4.15. The quantitative estimate of drug-likeness (QED) is 0.625. The normalized spacial score (nSPS) is 10.1. The Hall–Kier alpha value is -2.39. The Morgan fingerprint density at radius 2 is 1.62 bits per heavy atom. The first kappa shape index (κ1) is 15.0. The van der Waals surface area contributed by atoms with Crippen molar-refractivity contribution in [1.82, 2.24) is 0 Å². The predicted molar refractivity (Wildman–Crippen MR) is 82.7 cm³/mol. The van der Waals surface area contributed by atoms with Crippen molar-refractivity contribution < 1.29 is 14.6 Å². The van der Waals surface area contributed by atoms with Crippen molar-refractivity contribution in [2.75, 3.05) is 6.61 Å². The van der Waals surface area contributed by atoms with Gasteiger partial charge in [0.25, 0.3) is 0 Å². The number of aliphatic hydroxyl groups is 1. The molecule has 0 bridgehead atoms. The van der Waals surface area contributed by atoms with Crippen molar-refractivity contribution in [2.45, 2.75) is 13.0 Å². The highest BCUT2D eigenvalue weighted by molar-refractivity contribution is 6.00. The first-order valence-electron chi connectivity index (χ1n) is 6.81. The van der Waals surface area contributed by atoms with Gasteiger partial charge in [0, 0.05) is 17.5 Å². The molecular weight excluding hydrogens is 264 g/mol. The predicted octanol–water partition coefficient (Wildman–Crippen LogP) is 3.44. The molecule has 1 N–H and O–H groups in total. The van der Waals surface area contributed by atoms with E-state index >= 15 is 0 Å². The zero-order valence-corrected chi connectivity index (χ0v) is 11.8. The van der Waals surface area contributed by atoms with Gasteiger partial charge in [0.1, 0.15) is 12.4 Å². The van der Waals surface area contributed by atoms with E-state index in [-0.39, 0.29) is 18.8 Å². The van der Waals surface area contributed by atoms with Crippen LogP contribution in [-0.4, -0.2) is 17.5 Å². The van der Waals surface area contributed by atoms with Crippen LogP contribution in [0.15, 0.2) is 61.2 Å². The standard InChI is InChI=1S/C18H18O3/c1-14(21-13-15-7-3-2-4-8-15)16-9-5-6-10-17(16)18(20)11-12-19/h2-10,19H,1,11-13H2. The smallest absolute Gasteiger partial charge is 0.165 e. The van der Waals surface area contributed by atoms with Crippen LogP contribution in [0.4, 0.5) is 0 Å². The van der Waals surface area contributed by atoms with Crippen molar-refractivity contribution in [2.24, 2.45) is 0 Å². The van der Waals surface area contributed by atoms with E-state index in [4.69, 9.17) is 9.84 Å². The van der Waals surface area contributed by atoms with Crippen LogP contribution in [-0.2, 0) is 11.3 Å². The zero-order chi connectivity index (χ0) is 15.1. The van der Waals surface area contributed by atoms with Crippen molar-refractivity contribution in [1.29, 1.82) is 0 Å². The van der Waals surface area contributed by atoms with Crippen LogP contribution < -0.4 is 0 Å². The van der Waals surface area contributed by atoms with Gasteiger partial charge in [-0.25, -0.2) is 0 Å². The van der Waals surface area contributed by atoms with Crippen LogP contribution in [0.3, 0.4) is 0 Å². The summed E-state index contributed by atoms with van der Waals surface area (Å²) in [7, 11) is 0. The Labute approximate surface area is 124 Å². The Bertz CT molecular complexity index is 617. The second kappa shape index (κ2) is 7.41. The third kappa shape index (κ3) is 4.04. The van der Waals surface area contributed by atoms with Gasteiger partial charge in [0.2, 0.25) is 0 Å². The molecule has 21 heavy (non-hydrogen) atoms. The minimum absolute atomic E-state index is 0.100. The summed E-state index contributed by atoms with van der Waals surface area (Å²) in [5, 5.41) is 8.91. The molecular formula is C18H18O3. The lowest BCUT2D eigenvalue weighted by molar-refractivity contribution is 0.0955. The number of rotatable bonds is 7. The molecule has 0 aromatic heterocycles. The second-order valence-corrected chi connectivity index (χ2v) is 4.64. The summed E-state index contributed by atoms with van der Waals surface area (Å²) in [5.74, 6) is 0.346. The van der Waals surface area contributed by atoms with E-state index < -0.39 is 0 Å². The molecule has 0 spiro atoms. The third-order valence-corrected chi connectivity index (χ3v) is 3.12. The molecule has 0 aliphatic rings. The molecule has 3 heteroatoms. The summed E-state index contributed by atoms with van der Waals surface area (Å²) in [5.41, 5.74) is 2.24. The third-order valence-electron chi connectivity index (χ3n) is 3.12. The lowest BCUT2D eigenvalue weighted by Gasteiger charge is -2.12. The summed E-state index contributed by atoms with van der Waals surface area (Å²) in [6.07, 6.45) is 0.100. The fraction of sp³-hybridized carbons (Fsp3) is 0.167. The van der Waals surface area contributed by atoms with Crippen LogP contribution in [0.5, 0.6) is 0 Å². The summed E-state index contributed by atoms with van der Waals surface area (Å²) >= 11 is 0. The number of Topliss-reactive ketones (excluding diaryl/α,β-unsaturated/α-hetero) is 1. The average molecular weight is 282 g/mol. The molecule has 0 heterocycles. The SMILES string of the molecule is C=C(OCc1ccccc1)c1ccccc1C(=O)CCO. The minimum atomic E-state index is -0.162. The van der Waals surface area contributed by atoms with E-state index in [9.17, 15) is 4.79 Å². The van der Waals surface area contributed by atoms with Crippen molar-refractivity contribution >= 4 is 11.5 Å². The van der Waals surface area contributed by atoms with Gasteiger partial charge in [0.15, 0.2) is 5.78 Å². The van der Waals surface area contributed by atoms with E-state index in [2.05, 4.69) is 6.58 Å². The number of carbonyl (C=O) groups excluding carboxylic acids is 1. The molecule has 0 saturated heterocycles. The van der Waals surface area contributed by atoms with Crippen molar-refractivity contribution in [3.05, 3.63) is 77.9 Å². The van der Waals surface area contributed by atoms with Gasteiger partial charge in [0.05, 0.1) is 6.61 Å². The van der Waals surface area contributed by atoms with Crippen molar-refractivity contribution in [3.8, 4) is 0 Å². The molecule has 0 aliphatic heterocycles. The Morgan fingerprint density at radius 3 is 2.29 bits per heavy atom. The molecule has 0 atom stereocenters. The number of ether oxygens (including phenoxy) is 1. The lowest BCUT2D eigenvalue weighted by atomic mass is 10.0. The fourth-order valence-electron chi connectivity index (χ4n) is 2.03. The number of carbonyl (C=O) groups is 1. The fourth-order valence-corrected chi connectivity index (χ4v) is 2.03.